The van der Waals surface area contributed by atoms with E-state index in [0.29, 0.717) is 0 Å². The van der Waals surface area contributed by atoms with Crippen molar-refractivity contribution in [3.8, 4) is 22.3 Å². The van der Waals surface area contributed by atoms with Crippen LogP contribution in [0.5, 0.6) is 0 Å². The molecule has 2 unspecified atom stereocenters. The molecule has 0 bridgehead atoms. The molecule has 422 valence electrons. The summed E-state index contributed by atoms with van der Waals surface area (Å²) in [6, 6.07) is 102. The number of anilines is 6. The molecule has 20 rings (SSSR count). The summed E-state index contributed by atoms with van der Waals surface area (Å²) in [7, 11) is 0. The second-order valence-electron chi connectivity index (χ2n) is 24.9. The Morgan fingerprint density at radius 1 is 0.222 bits per heavy atom. The van der Waals surface area contributed by atoms with E-state index in [1.165, 1.54) is 55.3 Å². The zero-order chi connectivity index (χ0) is 59.1. The fourth-order valence-corrected chi connectivity index (χ4v) is 16.4. The van der Waals surface area contributed by atoms with Crippen molar-refractivity contribution < 1.29 is 17.7 Å². The number of hydrogen-bond acceptors (Lipinski definition) is 6. The molecule has 0 N–H and O–H groups in total. The van der Waals surface area contributed by atoms with Gasteiger partial charge in [-0.25, -0.2) is 0 Å². The van der Waals surface area contributed by atoms with Gasteiger partial charge in [0, 0.05) is 112 Å². The lowest BCUT2D eigenvalue weighted by Gasteiger charge is -2.46. The van der Waals surface area contributed by atoms with E-state index < -0.39 is 10.8 Å². The minimum atomic E-state index is -0.693. The molecule has 0 radical (unpaired) electrons. The van der Waals surface area contributed by atoms with Crippen LogP contribution in [0.2, 0.25) is 0 Å². The van der Waals surface area contributed by atoms with Crippen LogP contribution in [0.25, 0.3) is 132 Å². The summed E-state index contributed by atoms with van der Waals surface area (Å²) < 4.78 is 26.9. The lowest BCUT2D eigenvalue weighted by Crippen LogP contribution is -2.44. The first-order chi connectivity index (χ1) is 44.4. The van der Waals surface area contributed by atoms with Gasteiger partial charge in [0.1, 0.15) is 44.7 Å². The van der Waals surface area contributed by atoms with Crippen LogP contribution in [0.1, 0.15) is 36.1 Å². The highest BCUT2D eigenvalue weighted by Crippen LogP contribution is 2.68. The molecule has 14 aromatic carbocycles. The Bertz CT molecular complexity index is 5530. The minimum Gasteiger partial charge on any atom is -0.456 e. The number of para-hydroxylation sites is 4. The first-order valence-electron chi connectivity index (χ1n) is 31.0. The van der Waals surface area contributed by atoms with Crippen molar-refractivity contribution in [2.75, 3.05) is 9.80 Å². The monoisotopic (exact) mass is 1150 g/mol. The molecule has 0 amide bonds. The van der Waals surface area contributed by atoms with Crippen molar-refractivity contribution in [2.24, 2.45) is 0 Å². The lowest BCUT2D eigenvalue weighted by atomic mass is 9.56. The first-order valence-corrected chi connectivity index (χ1v) is 31.0. The highest BCUT2D eigenvalue weighted by molar-refractivity contribution is 6.16. The SMILES string of the molecule is CC1(C2(C)c3ccccc3-c3c2cc(N(c2ccc4c(c2)oc2ccccc24)c2ccc4c(c2)oc2ccccc24)c2ccccc32)c2ccccc2-c2c1cc(N(c1ccc3c(c1)oc1ccccc13)c1ccc3c(c1)oc1ccccc13)c1ccccc21. The third-order valence-corrected chi connectivity index (χ3v) is 20.6. The largest absolute Gasteiger partial charge is 0.456 e. The Kier molecular flexibility index (Phi) is 9.91. The predicted molar refractivity (Wildman–Crippen MR) is 370 cm³/mol. The van der Waals surface area contributed by atoms with E-state index in [1.807, 2.05) is 24.3 Å². The molecule has 90 heavy (non-hydrogen) atoms. The van der Waals surface area contributed by atoms with Gasteiger partial charge in [0.15, 0.2) is 0 Å². The quantitative estimate of drug-likeness (QED) is 0.158. The van der Waals surface area contributed by atoms with Gasteiger partial charge < -0.3 is 27.5 Å². The van der Waals surface area contributed by atoms with Gasteiger partial charge >= 0.3 is 0 Å². The zero-order valence-corrected chi connectivity index (χ0v) is 49.1. The molecule has 4 aromatic heterocycles. The maximum atomic E-state index is 6.73. The summed E-state index contributed by atoms with van der Waals surface area (Å²) in [4.78, 5) is 4.87. The summed E-state index contributed by atoms with van der Waals surface area (Å²) >= 11 is 0. The van der Waals surface area contributed by atoms with Crippen LogP contribution in [0.4, 0.5) is 34.1 Å². The predicted octanol–water partition coefficient (Wildman–Crippen LogP) is 23.8. The van der Waals surface area contributed by atoms with E-state index in [9.17, 15) is 0 Å². The fourth-order valence-electron chi connectivity index (χ4n) is 16.4. The van der Waals surface area contributed by atoms with Gasteiger partial charge in [-0.15, -0.1) is 0 Å². The average molecular weight is 1150 g/mol. The molecule has 2 aliphatic carbocycles. The Labute approximate surface area is 516 Å². The van der Waals surface area contributed by atoms with Crippen LogP contribution in [-0.2, 0) is 10.8 Å². The lowest BCUT2D eigenvalue weighted by molar-refractivity contribution is 0.376. The second kappa shape index (κ2) is 18.0. The zero-order valence-electron chi connectivity index (χ0n) is 49.1. The number of rotatable bonds is 7. The molecule has 0 saturated heterocycles. The van der Waals surface area contributed by atoms with Crippen LogP contribution in [0.15, 0.2) is 297 Å². The molecule has 18 aromatic rings. The molecule has 0 saturated carbocycles. The standard InChI is InChI=1S/C84H52N2O4/c1-83(67-29-13-7-27-65(67)81-63-25-5-3-19-53(63)71(47-69(81)83)85(49-35-39-59-55-21-9-15-31-73(55)87-77(59)43-49)50-36-40-60-56-22-10-16-32-74(56)88-78(60)44-50)84(2)68-30-14-8-28-66(68)82-64-26-6-4-20-54(64)72(48-70(82)84)86(51-37-41-61-57-23-11-17-33-75(57)89-79(61)45-51)52-38-42-62-58-24-12-18-34-76(58)90-80(62)46-52/h3-48H,1-2H3. The summed E-state index contributed by atoms with van der Waals surface area (Å²) in [5, 5.41) is 13.3. The van der Waals surface area contributed by atoms with E-state index in [-0.39, 0.29) is 0 Å². The molecule has 4 heterocycles. The maximum absolute atomic E-state index is 6.73. The summed E-state index contributed by atoms with van der Waals surface area (Å²) in [6.07, 6.45) is 0. The van der Waals surface area contributed by atoms with Gasteiger partial charge in [0.25, 0.3) is 0 Å². The number of fused-ring (bicyclic) bond motifs is 22. The maximum Gasteiger partial charge on any atom is 0.137 e. The van der Waals surface area contributed by atoms with Crippen LogP contribution in [0, 0.1) is 0 Å². The van der Waals surface area contributed by atoms with Gasteiger partial charge in [0.2, 0.25) is 0 Å². The second-order valence-corrected chi connectivity index (χ2v) is 24.9. The topological polar surface area (TPSA) is 59.0 Å². The van der Waals surface area contributed by atoms with E-state index in [0.717, 1.165) is 133 Å². The Balaban J connectivity index is 0.865. The van der Waals surface area contributed by atoms with Crippen LogP contribution in [-0.4, -0.2) is 0 Å². The van der Waals surface area contributed by atoms with Gasteiger partial charge in [-0.05, 0) is 140 Å². The smallest absolute Gasteiger partial charge is 0.137 e. The molecule has 0 aliphatic heterocycles. The summed E-state index contributed by atoms with van der Waals surface area (Å²) in [5.74, 6) is 0. The van der Waals surface area contributed by atoms with Crippen molar-refractivity contribution in [3.63, 3.8) is 0 Å². The van der Waals surface area contributed by atoms with Gasteiger partial charge in [-0.3, -0.25) is 0 Å². The van der Waals surface area contributed by atoms with E-state index in [2.05, 4.69) is 278 Å². The first kappa shape index (κ1) is 49.5. The van der Waals surface area contributed by atoms with Crippen molar-refractivity contribution in [1.82, 2.24) is 0 Å². The normalized spacial score (nSPS) is 16.0. The van der Waals surface area contributed by atoms with Crippen molar-refractivity contribution in [2.45, 2.75) is 24.7 Å². The fraction of sp³-hybridized carbons (Fsp3) is 0.0476. The third kappa shape index (κ3) is 6.56. The van der Waals surface area contributed by atoms with Gasteiger partial charge in [-0.1, -0.05) is 184 Å². The third-order valence-electron chi connectivity index (χ3n) is 20.6. The van der Waals surface area contributed by atoms with E-state index in [4.69, 9.17) is 17.7 Å². The Morgan fingerprint density at radius 2 is 0.478 bits per heavy atom. The summed E-state index contributed by atoms with van der Waals surface area (Å²) in [6.45, 7) is 5.07. The number of furan rings is 4. The molecular weight excluding hydrogens is 1100 g/mol. The Morgan fingerprint density at radius 3 is 0.800 bits per heavy atom. The molecule has 0 fully saturated rings. The van der Waals surface area contributed by atoms with Gasteiger partial charge in [0.05, 0.1) is 11.4 Å². The van der Waals surface area contributed by atoms with Gasteiger partial charge in [-0.2, -0.15) is 0 Å². The van der Waals surface area contributed by atoms with Crippen molar-refractivity contribution >= 4 is 143 Å². The van der Waals surface area contributed by atoms with Crippen LogP contribution in [0.3, 0.4) is 0 Å². The molecule has 2 aliphatic rings. The van der Waals surface area contributed by atoms with E-state index >= 15 is 0 Å². The molecular formula is C84H52N2O4. The molecule has 6 nitrogen and oxygen atoms in total. The van der Waals surface area contributed by atoms with Crippen molar-refractivity contribution in [1.29, 1.82) is 0 Å². The van der Waals surface area contributed by atoms with Crippen LogP contribution >= 0.6 is 0 Å². The Hall–Kier alpha value is -11.6. The highest BCUT2D eigenvalue weighted by Gasteiger charge is 2.58. The molecule has 6 heteroatoms. The average Bonchev–Trinajstić information content (AvgIpc) is 1.51. The summed E-state index contributed by atoms with van der Waals surface area (Å²) in [5.41, 5.74) is 21.4. The number of benzene rings is 14. The minimum absolute atomic E-state index is 0.693. The van der Waals surface area contributed by atoms with Crippen LogP contribution < -0.4 is 9.80 Å². The highest BCUT2D eigenvalue weighted by atomic mass is 16.3. The van der Waals surface area contributed by atoms with Crippen molar-refractivity contribution in [3.05, 3.63) is 301 Å². The van der Waals surface area contributed by atoms with E-state index in [1.54, 1.807) is 0 Å². The molecule has 2 atom stereocenters. The molecule has 0 spiro atoms. The number of nitrogens with zero attached hydrogens (tertiary/aromatic N) is 2. The number of hydrogen-bond donors (Lipinski definition) is 0.